The molecule has 27 heteroatoms. The van der Waals surface area contributed by atoms with Crippen molar-refractivity contribution >= 4 is 0 Å². The molecule has 0 aliphatic rings. The SMILES string of the molecule is Cc1cnc(-c2nnn(-c3cc(F)cc(C#N)c3)n2)[nH]1.Fc1cc(Oc2cccnc2)cc(-n2nnc(-c3cn[nH]n3)n2)c1.Fc1cc(Oc2cccnc2)cc(-n2nnc(-c3ncccn3)n2)c1. The van der Waals surface area contributed by atoms with Gasteiger partial charge < -0.3 is 14.5 Å². The molecule has 11 aromatic rings. The Balaban J connectivity index is 0.000000130. The number of tetrazole rings is 3. The lowest BCUT2D eigenvalue weighted by Gasteiger charge is -2.07. The number of aryl methyl sites for hydroxylation is 1. The predicted octanol–water partition coefficient (Wildman–Crippen LogP) is 5.59. The van der Waals surface area contributed by atoms with Crippen molar-refractivity contribution in [2.24, 2.45) is 0 Å². The van der Waals surface area contributed by atoms with Gasteiger partial charge in [-0.3, -0.25) is 9.97 Å². The highest BCUT2D eigenvalue weighted by Crippen LogP contribution is 2.26. The van der Waals surface area contributed by atoms with Gasteiger partial charge in [0.15, 0.2) is 11.5 Å². The Kier molecular flexibility index (Phi) is 12.7. The first-order valence-electron chi connectivity index (χ1n) is 19.8. The van der Waals surface area contributed by atoms with E-state index in [4.69, 9.17) is 14.7 Å². The van der Waals surface area contributed by atoms with Crippen LogP contribution in [0.1, 0.15) is 11.3 Å². The molecule has 0 spiro atoms. The first-order valence-corrected chi connectivity index (χ1v) is 19.8. The van der Waals surface area contributed by atoms with Gasteiger partial charge in [-0.05, 0) is 65.0 Å². The molecule has 3 aromatic carbocycles. The predicted molar refractivity (Wildman–Crippen MR) is 229 cm³/mol. The third-order valence-electron chi connectivity index (χ3n) is 8.72. The summed E-state index contributed by atoms with van der Waals surface area (Å²) in [6.45, 7) is 1.85. The van der Waals surface area contributed by atoms with Crippen LogP contribution in [0, 0.1) is 35.7 Å². The first kappa shape index (κ1) is 43.7. The summed E-state index contributed by atoms with van der Waals surface area (Å²) in [5, 5.41) is 54.5. The zero-order valence-corrected chi connectivity index (χ0v) is 35.1. The van der Waals surface area contributed by atoms with E-state index in [1.165, 1.54) is 64.6 Å². The normalized spacial score (nSPS) is 10.6. The Morgan fingerprint density at radius 3 is 1.64 bits per heavy atom. The molecule has 11 rings (SSSR count). The number of hydrogen-bond donors (Lipinski definition) is 2. The van der Waals surface area contributed by atoms with Crippen LogP contribution in [0.2, 0.25) is 0 Å². The molecule has 0 atom stereocenters. The van der Waals surface area contributed by atoms with Crippen LogP contribution in [-0.2, 0) is 0 Å². The number of imidazole rings is 1. The van der Waals surface area contributed by atoms with Crippen LogP contribution in [0.4, 0.5) is 13.2 Å². The standard InChI is InChI=1S/C16H10FN7O.C14H9FN8O.C12H8FN7/c17-11-7-12(9-14(8-11)25-13-3-1-4-18-10-13)24-22-16(21-23-24)15-19-5-2-6-20-15;15-9-4-10(6-12(5-9)24-11-2-1-3-16-7-11)23-20-14(19-22-23)13-8-17-21-18-13;1-7-6-15-11(16-7)12-17-19-20(18-12)10-3-8(5-14)2-9(13)4-10/h1-10H;1-8H,(H,17,18,21);2-4,6H,1H3,(H,15,16). The van der Waals surface area contributed by atoms with Crippen molar-refractivity contribution in [2.45, 2.75) is 6.92 Å². The number of pyridine rings is 2. The number of H-pyrrole nitrogens is 2. The molecule has 24 nitrogen and oxygen atoms in total. The lowest BCUT2D eigenvalue weighted by atomic mass is 10.2. The van der Waals surface area contributed by atoms with Gasteiger partial charge in [0.25, 0.3) is 0 Å². The topological polar surface area (TPSA) is 295 Å². The van der Waals surface area contributed by atoms with E-state index in [0.717, 1.165) is 16.6 Å². The highest BCUT2D eigenvalue weighted by molar-refractivity contribution is 5.47. The molecule has 0 radical (unpaired) electrons. The van der Waals surface area contributed by atoms with Crippen LogP contribution in [0.15, 0.2) is 135 Å². The van der Waals surface area contributed by atoms with E-state index < -0.39 is 17.5 Å². The molecule has 338 valence electrons. The van der Waals surface area contributed by atoms with Gasteiger partial charge in [0, 0.05) is 79.1 Å². The summed E-state index contributed by atoms with van der Waals surface area (Å²) >= 11 is 0. The maximum atomic E-state index is 13.9. The molecular weight excluding hydrogens is 902 g/mol. The van der Waals surface area contributed by atoms with Gasteiger partial charge in [0.05, 0.1) is 47.3 Å². The van der Waals surface area contributed by atoms with E-state index in [2.05, 4.69) is 91.5 Å². The molecule has 0 amide bonds. The minimum atomic E-state index is -0.535. The Hall–Kier alpha value is -10.5. The van der Waals surface area contributed by atoms with Crippen molar-refractivity contribution in [3.8, 4) is 80.9 Å². The molecular formula is C42H27F3N22O2. The highest BCUT2D eigenvalue weighted by Gasteiger charge is 2.15. The number of nitriles is 1. The van der Waals surface area contributed by atoms with Crippen molar-refractivity contribution in [2.75, 3.05) is 0 Å². The molecule has 0 aliphatic heterocycles. The van der Waals surface area contributed by atoms with Crippen LogP contribution in [0.25, 0.3) is 51.9 Å². The zero-order valence-electron chi connectivity index (χ0n) is 35.1. The fourth-order valence-electron chi connectivity index (χ4n) is 5.79. The number of rotatable bonds is 10. The first-order chi connectivity index (χ1) is 33.7. The van der Waals surface area contributed by atoms with Crippen LogP contribution < -0.4 is 9.47 Å². The van der Waals surface area contributed by atoms with Crippen molar-refractivity contribution < 1.29 is 22.6 Å². The van der Waals surface area contributed by atoms with Gasteiger partial charge in [-0.2, -0.15) is 20.7 Å². The average Bonchev–Trinajstić information content (AvgIpc) is 4.23. The lowest BCUT2D eigenvalue weighted by Crippen LogP contribution is -2.01. The van der Waals surface area contributed by atoms with Crippen LogP contribution in [0.5, 0.6) is 23.0 Å². The van der Waals surface area contributed by atoms with Crippen molar-refractivity contribution in [3.05, 3.63) is 163 Å². The van der Waals surface area contributed by atoms with Crippen LogP contribution in [0.3, 0.4) is 0 Å². The van der Waals surface area contributed by atoms with E-state index in [9.17, 15) is 13.2 Å². The molecule has 2 N–H and O–H groups in total. The Morgan fingerprint density at radius 1 is 0.551 bits per heavy atom. The summed E-state index contributed by atoms with van der Waals surface area (Å²) in [6.07, 6.45) is 12.6. The molecule has 69 heavy (non-hydrogen) atoms. The van der Waals surface area contributed by atoms with Crippen molar-refractivity contribution in [1.82, 2.24) is 106 Å². The molecule has 0 saturated heterocycles. The third kappa shape index (κ3) is 11.1. The molecule has 0 fully saturated rings. The van der Waals surface area contributed by atoms with Crippen molar-refractivity contribution in [1.29, 1.82) is 5.26 Å². The number of hydrogen-bond acceptors (Lipinski definition) is 19. The van der Waals surface area contributed by atoms with Crippen molar-refractivity contribution in [3.63, 3.8) is 0 Å². The zero-order chi connectivity index (χ0) is 47.5. The van der Waals surface area contributed by atoms with Crippen LogP contribution in [-0.4, -0.2) is 106 Å². The fourth-order valence-corrected chi connectivity index (χ4v) is 5.79. The number of nitrogens with one attached hydrogen (secondary N) is 2. The Bertz CT molecular complexity index is 3490. The average molecular weight is 929 g/mol. The summed E-state index contributed by atoms with van der Waals surface area (Å²) in [7, 11) is 0. The van der Waals surface area contributed by atoms with Gasteiger partial charge in [-0.15, -0.1) is 45.0 Å². The largest absolute Gasteiger partial charge is 0.456 e. The summed E-state index contributed by atoms with van der Waals surface area (Å²) in [4.78, 5) is 26.6. The maximum Gasteiger partial charge on any atom is 0.242 e. The number of ether oxygens (including phenoxy) is 2. The Labute approximate surface area is 384 Å². The van der Waals surface area contributed by atoms with E-state index in [1.54, 1.807) is 73.4 Å². The van der Waals surface area contributed by atoms with E-state index in [-0.39, 0.29) is 23.0 Å². The minimum Gasteiger partial charge on any atom is -0.456 e. The second-order valence-corrected chi connectivity index (χ2v) is 13.7. The fraction of sp³-hybridized carbons (Fsp3) is 0.0238. The quantitative estimate of drug-likeness (QED) is 0.169. The van der Waals surface area contributed by atoms with Gasteiger partial charge in [-0.1, -0.05) is 0 Å². The summed E-state index contributed by atoms with van der Waals surface area (Å²) in [6, 6.07) is 22.5. The van der Waals surface area contributed by atoms with E-state index in [1.807, 2.05) is 13.0 Å². The second kappa shape index (κ2) is 20.1. The smallest absolute Gasteiger partial charge is 0.242 e. The molecule has 0 bridgehead atoms. The van der Waals surface area contributed by atoms with Gasteiger partial charge in [0.2, 0.25) is 23.3 Å². The molecule has 0 saturated carbocycles. The third-order valence-corrected chi connectivity index (χ3v) is 8.72. The molecule has 8 aromatic heterocycles. The number of benzene rings is 3. The molecule has 0 unspecified atom stereocenters. The number of aromatic amines is 2. The summed E-state index contributed by atoms with van der Waals surface area (Å²) in [5.41, 5.74) is 2.53. The van der Waals surface area contributed by atoms with Gasteiger partial charge >= 0.3 is 0 Å². The van der Waals surface area contributed by atoms with Crippen LogP contribution >= 0.6 is 0 Å². The summed E-state index contributed by atoms with van der Waals surface area (Å²) < 4.78 is 52.4. The lowest BCUT2D eigenvalue weighted by molar-refractivity contribution is 0.473. The van der Waals surface area contributed by atoms with Gasteiger partial charge in [0.1, 0.15) is 40.4 Å². The van der Waals surface area contributed by atoms with E-state index in [0.29, 0.717) is 57.5 Å². The number of halogens is 3. The number of aromatic nitrogens is 21. The second-order valence-electron chi connectivity index (χ2n) is 13.7. The minimum absolute atomic E-state index is 0.188. The monoisotopic (exact) mass is 928 g/mol. The summed E-state index contributed by atoms with van der Waals surface area (Å²) in [5.74, 6) is 1.64. The highest BCUT2D eigenvalue weighted by atomic mass is 19.1. The molecule has 8 heterocycles. The van der Waals surface area contributed by atoms with E-state index >= 15 is 0 Å². The molecule has 0 aliphatic carbocycles. The maximum absolute atomic E-state index is 13.9. The van der Waals surface area contributed by atoms with Gasteiger partial charge in [-0.25, -0.2) is 28.1 Å². The number of nitrogens with zero attached hydrogens (tertiary/aromatic N) is 20. The Morgan fingerprint density at radius 2 is 1.10 bits per heavy atom.